The summed E-state index contributed by atoms with van der Waals surface area (Å²) in [6.45, 7) is 10.3. The van der Waals surface area contributed by atoms with E-state index in [4.69, 9.17) is 9.47 Å². The van der Waals surface area contributed by atoms with Gasteiger partial charge in [-0.3, -0.25) is 4.79 Å². The summed E-state index contributed by atoms with van der Waals surface area (Å²) in [5.74, 6) is -1.96. The number of rotatable bonds is 5. The van der Waals surface area contributed by atoms with E-state index in [1.165, 1.54) is 11.9 Å². The molecular weight excluding hydrogens is 368 g/mol. The first-order chi connectivity index (χ1) is 12.6. The van der Waals surface area contributed by atoms with E-state index in [1.807, 2.05) is 0 Å². The standard InChI is InChI=1S/C19H32N2O7/c1-17(2,3)27-15(25)20-13-8-12(19(9-13,11-22)14(23)24)10-21(7)16(26)28-18(4,5)6/h11-13H,8-10H2,1-7H3,(H,20,25)(H,23,24). The molecule has 0 aromatic carbocycles. The summed E-state index contributed by atoms with van der Waals surface area (Å²) in [4.78, 5) is 49.1. The van der Waals surface area contributed by atoms with E-state index in [1.54, 1.807) is 41.5 Å². The summed E-state index contributed by atoms with van der Waals surface area (Å²) >= 11 is 0. The van der Waals surface area contributed by atoms with Crippen molar-refractivity contribution in [2.45, 2.75) is 71.6 Å². The Morgan fingerprint density at radius 1 is 1.14 bits per heavy atom. The van der Waals surface area contributed by atoms with E-state index < -0.39 is 46.7 Å². The zero-order valence-corrected chi connectivity index (χ0v) is 17.7. The van der Waals surface area contributed by atoms with Crippen molar-refractivity contribution < 1.29 is 33.8 Å². The van der Waals surface area contributed by atoms with Crippen molar-refractivity contribution in [2.24, 2.45) is 11.3 Å². The number of hydrogen-bond acceptors (Lipinski definition) is 6. The first kappa shape index (κ1) is 23.7. The molecule has 0 aliphatic heterocycles. The summed E-state index contributed by atoms with van der Waals surface area (Å²) in [6.07, 6.45) is -0.736. The van der Waals surface area contributed by atoms with Crippen LogP contribution in [0.4, 0.5) is 9.59 Å². The van der Waals surface area contributed by atoms with E-state index in [9.17, 15) is 24.3 Å². The minimum atomic E-state index is -1.70. The molecule has 0 aromatic heterocycles. The number of carboxylic acids is 1. The predicted molar refractivity (Wildman–Crippen MR) is 101 cm³/mol. The maximum absolute atomic E-state index is 12.2. The molecule has 1 aliphatic rings. The average molecular weight is 400 g/mol. The maximum Gasteiger partial charge on any atom is 0.410 e. The second kappa shape index (κ2) is 8.36. The third kappa shape index (κ3) is 6.38. The highest BCUT2D eigenvalue weighted by atomic mass is 16.6. The molecule has 0 heterocycles. The Morgan fingerprint density at radius 3 is 2.11 bits per heavy atom. The smallest absolute Gasteiger partial charge is 0.410 e. The van der Waals surface area contributed by atoms with Gasteiger partial charge in [0.15, 0.2) is 0 Å². The van der Waals surface area contributed by atoms with Gasteiger partial charge < -0.3 is 29.6 Å². The van der Waals surface area contributed by atoms with E-state index >= 15 is 0 Å². The van der Waals surface area contributed by atoms with Gasteiger partial charge in [-0.1, -0.05) is 0 Å². The van der Waals surface area contributed by atoms with Crippen molar-refractivity contribution >= 4 is 24.4 Å². The van der Waals surface area contributed by atoms with Crippen LogP contribution in [0, 0.1) is 11.3 Å². The van der Waals surface area contributed by atoms with Crippen LogP contribution >= 0.6 is 0 Å². The van der Waals surface area contributed by atoms with E-state index in [-0.39, 0.29) is 19.4 Å². The molecule has 2 N–H and O–H groups in total. The number of alkyl carbamates (subject to hydrolysis) is 1. The van der Waals surface area contributed by atoms with Crippen LogP contribution < -0.4 is 5.32 Å². The van der Waals surface area contributed by atoms with Crippen molar-refractivity contribution in [2.75, 3.05) is 13.6 Å². The lowest BCUT2D eigenvalue weighted by Crippen LogP contribution is -2.44. The number of carbonyl (C=O) groups excluding carboxylic acids is 3. The third-order valence-corrected chi connectivity index (χ3v) is 4.41. The zero-order valence-electron chi connectivity index (χ0n) is 17.7. The van der Waals surface area contributed by atoms with Crippen molar-refractivity contribution in [3.05, 3.63) is 0 Å². The number of aliphatic carboxylic acids is 1. The number of ether oxygens (including phenoxy) is 2. The highest BCUT2D eigenvalue weighted by Gasteiger charge is 2.54. The van der Waals surface area contributed by atoms with Gasteiger partial charge in [0, 0.05) is 25.6 Å². The Morgan fingerprint density at radius 2 is 1.68 bits per heavy atom. The van der Waals surface area contributed by atoms with Gasteiger partial charge in [0.25, 0.3) is 0 Å². The molecule has 1 fully saturated rings. The molecule has 3 atom stereocenters. The molecule has 1 rings (SSSR count). The monoisotopic (exact) mass is 400 g/mol. The van der Waals surface area contributed by atoms with Gasteiger partial charge in [-0.25, -0.2) is 9.59 Å². The molecule has 0 spiro atoms. The van der Waals surface area contributed by atoms with Gasteiger partial charge in [-0.2, -0.15) is 0 Å². The number of nitrogens with one attached hydrogen (secondary N) is 1. The lowest BCUT2D eigenvalue weighted by molar-refractivity contribution is -0.154. The van der Waals surface area contributed by atoms with Crippen LogP contribution in [0.2, 0.25) is 0 Å². The van der Waals surface area contributed by atoms with Gasteiger partial charge in [0.05, 0.1) is 0 Å². The summed E-state index contributed by atoms with van der Waals surface area (Å²) < 4.78 is 10.5. The van der Waals surface area contributed by atoms with Gasteiger partial charge in [-0.15, -0.1) is 0 Å². The number of carboxylic acid groups (broad SMARTS) is 1. The fourth-order valence-electron chi connectivity index (χ4n) is 3.23. The molecule has 0 bridgehead atoms. The largest absolute Gasteiger partial charge is 0.480 e. The number of nitrogens with zero attached hydrogens (tertiary/aromatic N) is 1. The Hall–Kier alpha value is -2.32. The molecule has 9 heteroatoms. The molecule has 3 unspecified atom stereocenters. The number of carbonyl (C=O) groups is 4. The van der Waals surface area contributed by atoms with E-state index in [2.05, 4.69) is 5.32 Å². The second-order valence-electron chi connectivity index (χ2n) is 9.30. The van der Waals surface area contributed by atoms with Crippen LogP contribution in [0.1, 0.15) is 54.4 Å². The highest BCUT2D eigenvalue weighted by Crippen LogP contribution is 2.43. The minimum absolute atomic E-state index is 0.00640. The van der Waals surface area contributed by atoms with Gasteiger partial charge in [0.1, 0.15) is 22.9 Å². The highest BCUT2D eigenvalue weighted by molar-refractivity contribution is 5.93. The molecule has 0 radical (unpaired) electrons. The Bertz CT molecular complexity index is 621. The Labute approximate surface area is 165 Å². The van der Waals surface area contributed by atoms with Crippen LogP contribution in [0.15, 0.2) is 0 Å². The normalized spacial score (nSPS) is 25.0. The predicted octanol–water partition coefficient (Wildman–Crippen LogP) is 2.43. The lowest BCUT2D eigenvalue weighted by Gasteiger charge is -2.30. The molecule has 1 saturated carbocycles. The van der Waals surface area contributed by atoms with Gasteiger partial charge in [0.2, 0.25) is 0 Å². The zero-order chi connectivity index (χ0) is 21.9. The van der Waals surface area contributed by atoms with E-state index in [0.29, 0.717) is 6.29 Å². The summed E-state index contributed by atoms with van der Waals surface area (Å²) in [6, 6.07) is -0.562. The van der Waals surface area contributed by atoms with Crippen LogP contribution in [0.3, 0.4) is 0 Å². The van der Waals surface area contributed by atoms with Crippen LogP contribution in [-0.4, -0.2) is 65.3 Å². The fourth-order valence-corrected chi connectivity index (χ4v) is 3.23. The number of amides is 2. The first-order valence-corrected chi connectivity index (χ1v) is 9.23. The quantitative estimate of drug-likeness (QED) is 0.537. The molecule has 0 aromatic rings. The Balaban J connectivity index is 2.92. The summed E-state index contributed by atoms with van der Waals surface area (Å²) in [7, 11) is 1.49. The lowest BCUT2D eigenvalue weighted by atomic mass is 9.79. The topological polar surface area (TPSA) is 122 Å². The van der Waals surface area contributed by atoms with Gasteiger partial charge in [-0.05, 0) is 54.4 Å². The fraction of sp³-hybridized carbons (Fsp3) is 0.789. The summed E-state index contributed by atoms with van der Waals surface area (Å²) in [5.41, 5.74) is -3.10. The average Bonchev–Trinajstić information content (AvgIpc) is 2.81. The van der Waals surface area contributed by atoms with Crippen molar-refractivity contribution in [1.29, 1.82) is 0 Å². The summed E-state index contributed by atoms with van der Waals surface area (Å²) in [5, 5.41) is 12.3. The first-order valence-electron chi connectivity index (χ1n) is 9.23. The minimum Gasteiger partial charge on any atom is -0.480 e. The van der Waals surface area contributed by atoms with Crippen LogP contribution in [-0.2, 0) is 19.1 Å². The second-order valence-corrected chi connectivity index (χ2v) is 9.30. The third-order valence-electron chi connectivity index (χ3n) is 4.41. The van der Waals surface area contributed by atoms with Crippen LogP contribution in [0.5, 0.6) is 0 Å². The SMILES string of the molecule is CN(CC1CC(NC(=O)OC(C)(C)C)CC1(C=O)C(=O)O)C(=O)OC(C)(C)C. The number of hydrogen-bond donors (Lipinski definition) is 2. The van der Waals surface area contributed by atoms with Crippen molar-refractivity contribution in [1.82, 2.24) is 10.2 Å². The number of aldehydes is 1. The van der Waals surface area contributed by atoms with Crippen molar-refractivity contribution in [3.8, 4) is 0 Å². The van der Waals surface area contributed by atoms with E-state index in [0.717, 1.165) is 0 Å². The maximum atomic E-state index is 12.2. The van der Waals surface area contributed by atoms with Gasteiger partial charge >= 0.3 is 18.2 Å². The Kier molecular flexibility index (Phi) is 7.08. The van der Waals surface area contributed by atoms with Crippen LogP contribution in [0.25, 0.3) is 0 Å². The molecule has 2 amide bonds. The molecule has 160 valence electrons. The molecule has 28 heavy (non-hydrogen) atoms. The molecule has 1 aliphatic carbocycles. The molecule has 9 nitrogen and oxygen atoms in total. The molecular formula is C19H32N2O7. The molecule has 0 saturated heterocycles. The van der Waals surface area contributed by atoms with Crippen molar-refractivity contribution in [3.63, 3.8) is 0 Å².